The van der Waals surface area contributed by atoms with Gasteiger partial charge in [-0.1, -0.05) is 82.8 Å². The molecule has 3 aromatic carbocycles. The third-order valence-corrected chi connectivity index (χ3v) is 68.7. The normalized spacial score (nSPS) is 13.7. The molecule has 10 N–H and O–H groups in total. The van der Waals surface area contributed by atoms with Crippen LogP contribution in [0.4, 0.5) is 0 Å². The van der Waals surface area contributed by atoms with Crippen LogP contribution >= 0.6 is 129 Å². The Morgan fingerprint density at radius 1 is 0.380 bits per heavy atom. The van der Waals surface area contributed by atoms with Gasteiger partial charge in [0.1, 0.15) is 35.2 Å². The van der Waals surface area contributed by atoms with Gasteiger partial charge in [0.25, 0.3) is 9.05 Å². The molecule has 10 aromatic rings. The fraction of sp³-hybridized carbons (Fsp3) is 0.462. The molecule has 0 fully saturated rings. The van der Waals surface area contributed by atoms with Gasteiger partial charge in [-0.3, -0.25) is 8.06 Å². The number of benzene rings is 3. The van der Waals surface area contributed by atoms with Gasteiger partial charge < -0.3 is 34.6 Å². The number of sulfonamides is 2. The summed E-state index contributed by atoms with van der Waals surface area (Å²) >= 11 is 23.1. The maximum absolute atomic E-state index is 12.9. The number of carbonyl (C=O) groups is 3. The zero-order valence-electron chi connectivity index (χ0n) is 83.2. The summed E-state index contributed by atoms with van der Waals surface area (Å²) in [6.45, 7) is 57.6. The number of nitrogens with zero attached hydrogens (tertiary/aromatic N) is 2. The Morgan fingerprint density at radius 3 is 0.920 bits per heavy atom. The number of carbonyl (C=O) groups excluding carboxylic acids is 3. The average Bonchev–Trinajstić information content (AvgIpc) is 1.64. The van der Waals surface area contributed by atoms with Crippen molar-refractivity contribution in [2.45, 2.75) is 276 Å². The molecule has 137 heavy (non-hydrogen) atoms. The first-order valence-electron chi connectivity index (χ1n) is 41.7. The van der Waals surface area contributed by atoms with Crippen LogP contribution in [0.3, 0.4) is 0 Å². The fourth-order valence-electron chi connectivity index (χ4n) is 11.6. The van der Waals surface area contributed by atoms with Crippen LogP contribution in [0.25, 0.3) is 0 Å². The minimum atomic E-state index is -3.76. The van der Waals surface area contributed by atoms with Crippen LogP contribution in [-0.2, 0) is 94.4 Å². The molecule has 2 unspecified atom stereocenters. The van der Waals surface area contributed by atoms with E-state index in [-0.39, 0.29) is 57.6 Å². The van der Waals surface area contributed by atoms with Crippen LogP contribution in [0.5, 0.6) is 0 Å². The van der Waals surface area contributed by atoms with Gasteiger partial charge in [0.2, 0.25) is 20.0 Å². The number of esters is 3. The zero-order chi connectivity index (χ0) is 106. The van der Waals surface area contributed by atoms with E-state index < -0.39 is 122 Å². The maximum atomic E-state index is 12.9. The number of halogens is 4. The number of aliphatic hydroxyl groups is 4. The number of nitrogens with two attached hydrogens (primary N) is 3. The van der Waals surface area contributed by atoms with E-state index in [1.807, 2.05) is 124 Å². The van der Waals surface area contributed by atoms with E-state index in [2.05, 4.69) is 124 Å². The summed E-state index contributed by atoms with van der Waals surface area (Å²) in [7, 11) is -11.2. The number of aryl methyl sites for hydroxylation is 7. The van der Waals surface area contributed by atoms with Crippen LogP contribution in [0, 0.1) is 48.5 Å². The first-order valence-corrected chi connectivity index (χ1v) is 71.6. The monoisotopic (exact) mass is 2290 g/mol. The number of sulfone groups is 1. The summed E-state index contributed by atoms with van der Waals surface area (Å²) in [5.74, 6) is -1.38. The van der Waals surface area contributed by atoms with E-state index in [1.165, 1.54) is 73.5 Å². The fourth-order valence-corrected chi connectivity index (χ4v) is 46.6. The van der Waals surface area contributed by atoms with Gasteiger partial charge in [0.05, 0.1) is 68.5 Å². The number of methoxy groups -OCH3 is 3. The molecule has 46 heteroatoms. The standard InChI is InChI=1S/C18H15Cl2P.C15H28O3S2Si.C14H26ClNO2S2Si.C14H28N2O2S2Si.C8H13NO3S2.C7H7ClO4S2.C7H9NO4S2.C7H8O2S.CH4/c19-21(20,16-10-4-1-5-11-16,17-12-6-2-7-13-17)18-14-8-3-9-15-18;1-11-12(15(5,6)16)9-13(19-11)20(17,18)10-21(7,8)14(2,3)4;2*1-10-11(14(5,6)17)9-12(19-10)20(15,18)16-21(7,8)13(2,3)4;1-5-6(8(2,3)10)4-7(13-5)14(9,11)12;2*1-4-5(7(9)12-2)3-6(13-4)14(8,10)11;1-5-6(3-4-10-5)7(8)9-2;/h1-15H;9,16H,10H2,1-8H3;9,17H,1-8H3;9,17H,1-8H3,(H2,15,16,18);4,10H,1-3H3,(H2,9,11,12);3H,1-2H3;3H,1-2H3,(H2,8,10,11);3-4H,1-2H3;1H4. The average molecular weight is 2300 g/mol. The molecule has 0 saturated carbocycles. The van der Waals surface area contributed by atoms with Gasteiger partial charge >= 0.3 is 153 Å². The second-order valence-corrected chi connectivity index (χ2v) is 85.2. The van der Waals surface area contributed by atoms with E-state index in [9.17, 15) is 76.9 Å². The molecule has 25 nitrogen and oxygen atoms in total. The topological polar surface area (TPSA) is 433 Å². The molecule has 770 valence electrons. The van der Waals surface area contributed by atoms with Crippen LogP contribution in [0.15, 0.2) is 172 Å². The van der Waals surface area contributed by atoms with Crippen molar-refractivity contribution in [2.24, 2.45) is 23.5 Å². The van der Waals surface area contributed by atoms with E-state index in [1.54, 1.807) is 112 Å². The van der Waals surface area contributed by atoms with Crippen molar-refractivity contribution in [3.8, 4) is 0 Å². The van der Waals surface area contributed by atoms with Gasteiger partial charge in [-0.05, 0) is 215 Å². The van der Waals surface area contributed by atoms with E-state index in [4.69, 9.17) is 59.3 Å². The molecular formula is C91H138Cl4N5O20PS13Si3. The molecule has 0 aliphatic rings. The molecule has 0 amide bonds. The number of primary sulfonamides is 2. The third-order valence-electron chi connectivity index (χ3n) is 22.3. The number of hydrogen-bond donors (Lipinski definition) is 7. The summed E-state index contributed by atoms with van der Waals surface area (Å²) in [5.41, 5.74) is 0.00792. The summed E-state index contributed by atoms with van der Waals surface area (Å²) in [5, 5.41) is 57.7. The molecule has 0 aliphatic carbocycles. The van der Waals surface area contributed by atoms with E-state index >= 15 is 0 Å². The van der Waals surface area contributed by atoms with E-state index in [0.717, 1.165) is 85.4 Å². The van der Waals surface area contributed by atoms with Gasteiger partial charge in [-0.15, -0.1) is 79.4 Å². The van der Waals surface area contributed by atoms with Crippen molar-refractivity contribution >= 4 is 245 Å². The summed E-state index contributed by atoms with van der Waals surface area (Å²) in [6.07, 6.45) is 0. The van der Waals surface area contributed by atoms with Gasteiger partial charge in [0.15, 0.2) is 35.3 Å². The Morgan fingerprint density at radius 2 is 0.650 bits per heavy atom. The molecule has 2 atom stereocenters. The van der Waals surface area contributed by atoms with Gasteiger partial charge in [-0.2, -0.15) is 0 Å². The Balaban J connectivity index is 0.000000534. The quantitative estimate of drug-likeness (QED) is 0.0122. The van der Waals surface area contributed by atoms with Crippen molar-refractivity contribution < 1.29 is 91.1 Å². The summed E-state index contributed by atoms with van der Waals surface area (Å²) in [6, 6.07) is 40.7. The van der Waals surface area contributed by atoms with Crippen molar-refractivity contribution in [3.05, 3.63) is 212 Å². The molecule has 7 aromatic heterocycles. The predicted octanol–water partition coefficient (Wildman–Crippen LogP) is 23.9. The molecule has 0 radical (unpaired) electrons. The Hall–Kier alpha value is -4.37. The van der Waals surface area contributed by atoms with Gasteiger partial charge in [0, 0.05) is 60.9 Å². The second kappa shape index (κ2) is 48.3. The van der Waals surface area contributed by atoms with Crippen molar-refractivity contribution in [1.29, 1.82) is 0 Å². The first kappa shape index (κ1) is 129. The first-order chi connectivity index (χ1) is 60.9. The Bertz CT molecular complexity index is 6280. The van der Waals surface area contributed by atoms with Crippen LogP contribution in [-0.4, -0.2) is 132 Å². The van der Waals surface area contributed by atoms with Crippen molar-refractivity contribution in [3.63, 3.8) is 0 Å². The summed E-state index contributed by atoms with van der Waals surface area (Å²) < 4.78 is 141. The third kappa shape index (κ3) is 35.8. The van der Waals surface area contributed by atoms with Crippen LogP contribution in [0.1, 0.15) is 213 Å². The van der Waals surface area contributed by atoms with Gasteiger partial charge in [-0.25, -0.2) is 71.9 Å². The second-order valence-electron chi connectivity index (χ2n) is 38.5. The molecule has 7 heterocycles. The molecular weight excluding hydrogens is 2160 g/mol. The summed E-state index contributed by atoms with van der Waals surface area (Å²) in [4.78, 5) is 38.8. The predicted molar refractivity (Wildman–Crippen MR) is 589 cm³/mol. The molecule has 0 aliphatic heterocycles. The number of rotatable bonds is 20. The zero-order valence-corrected chi connectivity index (χ0v) is 101. The molecule has 0 saturated heterocycles. The van der Waals surface area contributed by atoms with E-state index in [0.29, 0.717) is 39.1 Å². The minimum absolute atomic E-state index is 0. The SMILES string of the molecule is C.COC(=O)c1cc(S(=O)(=O)Cl)sc1C.COC(=O)c1cc(S(N)(=O)=O)sc1C.COC(=O)c1ccsc1C.Cc1sc(S(=O)(=O)C[Si](C)(C)C(C)(C)C)cc1C(C)(C)O.Cc1sc(S(=O)(Cl)=N[Si](C)(C)C(C)(C)C)cc1C(C)(C)O.Cc1sc(S(N)(=O)=N[Si](C)(C)C(C)(C)C)cc1C(C)(C)O.Cc1sc(S(N)(=O)=O)cc1C(C)(C)O.ClP(Cl)(c1ccccc1)(c1ccccc1)c1ccccc1. The number of ether oxygens (including phenoxy) is 3. The number of thiophene rings is 7. The molecule has 10 rings (SSSR count). The van der Waals surface area contributed by atoms with Crippen molar-refractivity contribution in [2.75, 3.05) is 26.7 Å². The van der Waals surface area contributed by atoms with Crippen LogP contribution < -0.4 is 31.3 Å². The molecule has 0 bridgehead atoms. The molecule has 0 spiro atoms. The Labute approximate surface area is 864 Å². The Kier molecular flexibility index (Phi) is 45.4. The van der Waals surface area contributed by atoms with Crippen LogP contribution in [0.2, 0.25) is 54.4 Å². The number of hydrogen-bond acceptors (Lipinski definition) is 29. The van der Waals surface area contributed by atoms with Crippen molar-refractivity contribution in [1.82, 2.24) is 0 Å².